The normalized spacial score (nSPS) is 10.4. The predicted molar refractivity (Wildman–Crippen MR) is 61.4 cm³/mol. The summed E-state index contributed by atoms with van der Waals surface area (Å²) in [7, 11) is 1.54. The molecule has 0 fully saturated rings. The number of anilines is 1. The highest BCUT2D eigenvalue weighted by Gasteiger charge is 2.07. The van der Waals surface area contributed by atoms with Crippen molar-refractivity contribution in [2.75, 3.05) is 11.9 Å². The highest BCUT2D eigenvalue weighted by atomic mass is 16.4. The number of nitrogens with zero attached hydrogens (tertiary/aromatic N) is 1. The van der Waals surface area contributed by atoms with Crippen LogP contribution in [0, 0.1) is 5.92 Å². The van der Waals surface area contributed by atoms with E-state index in [9.17, 15) is 4.79 Å². The lowest BCUT2D eigenvalue weighted by molar-refractivity contribution is 0.203. The summed E-state index contributed by atoms with van der Waals surface area (Å²) in [5.41, 5.74) is 1.95. The average molecular weight is 207 g/mol. The van der Waals surface area contributed by atoms with Crippen LogP contribution in [0.4, 0.5) is 10.5 Å². The van der Waals surface area contributed by atoms with Crippen molar-refractivity contribution < 1.29 is 9.90 Å². The summed E-state index contributed by atoms with van der Waals surface area (Å²) >= 11 is 0. The third kappa shape index (κ3) is 3.27. The van der Waals surface area contributed by atoms with Crippen molar-refractivity contribution in [2.45, 2.75) is 20.3 Å². The standard InChI is InChI=1S/C12H17NO2/c1-9(2)8-10-4-6-11(7-5-10)13(3)12(14)15/h4-7,9H,8H2,1-3H3,(H,14,15). The smallest absolute Gasteiger partial charge is 0.411 e. The molecule has 0 aromatic heterocycles. The molecule has 0 aliphatic carbocycles. The zero-order valence-corrected chi connectivity index (χ0v) is 9.40. The van der Waals surface area contributed by atoms with E-state index in [1.165, 1.54) is 10.5 Å². The van der Waals surface area contributed by atoms with Gasteiger partial charge >= 0.3 is 6.09 Å². The Morgan fingerprint density at radius 3 is 2.27 bits per heavy atom. The second-order valence-electron chi connectivity index (χ2n) is 4.11. The van der Waals surface area contributed by atoms with Crippen LogP contribution in [-0.4, -0.2) is 18.2 Å². The lowest BCUT2D eigenvalue weighted by Crippen LogP contribution is -2.23. The quantitative estimate of drug-likeness (QED) is 0.827. The van der Waals surface area contributed by atoms with E-state index in [-0.39, 0.29) is 0 Å². The lowest BCUT2D eigenvalue weighted by atomic mass is 10.0. The summed E-state index contributed by atoms with van der Waals surface area (Å²) in [6.07, 6.45) is 0.0865. The van der Waals surface area contributed by atoms with Gasteiger partial charge < -0.3 is 5.11 Å². The molecule has 1 aromatic rings. The van der Waals surface area contributed by atoms with Crippen molar-refractivity contribution in [1.82, 2.24) is 0 Å². The summed E-state index contributed by atoms with van der Waals surface area (Å²) in [4.78, 5) is 11.9. The summed E-state index contributed by atoms with van der Waals surface area (Å²) < 4.78 is 0. The first-order chi connectivity index (χ1) is 7.00. The van der Waals surface area contributed by atoms with E-state index >= 15 is 0 Å². The minimum Gasteiger partial charge on any atom is -0.465 e. The molecule has 3 heteroatoms. The minimum absolute atomic E-state index is 0.619. The number of carboxylic acid groups (broad SMARTS) is 1. The molecule has 0 saturated heterocycles. The molecule has 15 heavy (non-hydrogen) atoms. The molecule has 0 aliphatic heterocycles. The Bertz CT molecular complexity index is 330. The van der Waals surface area contributed by atoms with Gasteiger partial charge in [-0.15, -0.1) is 0 Å². The summed E-state index contributed by atoms with van der Waals surface area (Å²) in [6.45, 7) is 4.33. The predicted octanol–water partition coefficient (Wildman–Crippen LogP) is 3.00. The van der Waals surface area contributed by atoms with E-state index in [0.717, 1.165) is 6.42 Å². The van der Waals surface area contributed by atoms with E-state index in [0.29, 0.717) is 11.6 Å². The maximum Gasteiger partial charge on any atom is 0.411 e. The van der Waals surface area contributed by atoms with Gasteiger partial charge in [0, 0.05) is 12.7 Å². The number of benzene rings is 1. The molecule has 3 nitrogen and oxygen atoms in total. The summed E-state index contributed by atoms with van der Waals surface area (Å²) in [5, 5.41) is 8.78. The van der Waals surface area contributed by atoms with Gasteiger partial charge in [0.15, 0.2) is 0 Å². The number of hydrogen-bond acceptors (Lipinski definition) is 1. The molecule has 1 amide bonds. The topological polar surface area (TPSA) is 40.5 Å². The molecule has 1 aromatic carbocycles. The molecule has 0 spiro atoms. The van der Waals surface area contributed by atoms with Gasteiger partial charge in [-0.25, -0.2) is 4.79 Å². The van der Waals surface area contributed by atoms with Crippen LogP contribution in [0.15, 0.2) is 24.3 Å². The molecule has 0 bridgehead atoms. The molecule has 0 atom stereocenters. The first-order valence-electron chi connectivity index (χ1n) is 5.06. The van der Waals surface area contributed by atoms with E-state index < -0.39 is 6.09 Å². The second kappa shape index (κ2) is 4.82. The van der Waals surface area contributed by atoms with E-state index in [4.69, 9.17) is 5.11 Å². The number of rotatable bonds is 3. The van der Waals surface area contributed by atoms with E-state index in [2.05, 4.69) is 13.8 Å². The molecule has 1 N–H and O–H groups in total. The molecule has 0 radical (unpaired) electrons. The third-order valence-electron chi connectivity index (χ3n) is 2.25. The van der Waals surface area contributed by atoms with Crippen molar-refractivity contribution in [1.29, 1.82) is 0 Å². The van der Waals surface area contributed by atoms with Gasteiger partial charge in [-0.3, -0.25) is 4.90 Å². The average Bonchev–Trinajstić information content (AvgIpc) is 2.17. The van der Waals surface area contributed by atoms with E-state index in [1.54, 1.807) is 7.05 Å². The van der Waals surface area contributed by atoms with Crippen LogP contribution in [-0.2, 0) is 6.42 Å². The van der Waals surface area contributed by atoms with Gasteiger partial charge in [-0.2, -0.15) is 0 Å². The van der Waals surface area contributed by atoms with Crippen LogP contribution in [0.5, 0.6) is 0 Å². The molecule has 0 saturated carbocycles. The Kier molecular flexibility index (Phi) is 3.72. The monoisotopic (exact) mass is 207 g/mol. The second-order valence-corrected chi connectivity index (χ2v) is 4.11. The number of carbonyl (C=O) groups is 1. The fourth-order valence-corrected chi connectivity index (χ4v) is 1.44. The van der Waals surface area contributed by atoms with Crippen LogP contribution in [0.2, 0.25) is 0 Å². The first kappa shape index (κ1) is 11.6. The van der Waals surface area contributed by atoms with Gasteiger partial charge in [0.25, 0.3) is 0 Å². The Morgan fingerprint density at radius 1 is 1.33 bits per heavy atom. The van der Waals surface area contributed by atoms with Gasteiger partial charge in [0.05, 0.1) is 0 Å². The van der Waals surface area contributed by atoms with Gasteiger partial charge in [0.1, 0.15) is 0 Å². The first-order valence-corrected chi connectivity index (χ1v) is 5.06. The molecule has 1 rings (SSSR count). The SMILES string of the molecule is CC(C)Cc1ccc(N(C)C(=O)O)cc1. The Morgan fingerprint density at radius 2 is 1.87 bits per heavy atom. The molecule has 82 valence electrons. The highest BCUT2D eigenvalue weighted by Crippen LogP contribution is 2.15. The van der Waals surface area contributed by atoms with Crippen molar-refractivity contribution in [3.63, 3.8) is 0 Å². The van der Waals surface area contributed by atoms with E-state index in [1.807, 2.05) is 24.3 Å². The molecule has 0 heterocycles. The van der Waals surface area contributed by atoms with Gasteiger partial charge in [0.2, 0.25) is 0 Å². The van der Waals surface area contributed by atoms with Crippen molar-refractivity contribution >= 4 is 11.8 Å². The zero-order valence-electron chi connectivity index (χ0n) is 9.40. The van der Waals surface area contributed by atoms with Crippen LogP contribution in [0.3, 0.4) is 0 Å². The fourth-order valence-electron chi connectivity index (χ4n) is 1.44. The van der Waals surface area contributed by atoms with Crippen LogP contribution < -0.4 is 4.90 Å². The van der Waals surface area contributed by atoms with Gasteiger partial charge in [-0.1, -0.05) is 26.0 Å². The van der Waals surface area contributed by atoms with Crippen molar-refractivity contribution in [3.8, 4) is 0 Å². The fraction of sp³-hybridized carbons (Fsp3) is 0.417. The molecular weight excluding hydrogens is 190 g/mol. The van der Waals surface area contributed by atoms with Crippen LogP contribution >= 0.6 is 0 Å². The van der Waals surface area contributed by atoms with Crippen molar-refractivity contribution in [2.24, 2.45) is 5.92 Å². The van der Waals surface area contributed by atoms with Crippen LogP contribution in [0.1, 0.15) is 19.4 Å². The molecule has 0 unspecified atom stereocenters. The minimum atomic E-state index is -0.938. The maximum absolute atomic E-state index is 10.7. The maximum atomic E-state index is 10.7. The molecular formula is C12H17NO2. The third-order valence-corrected chi connectivity index (χ3v) is 2.25. The molecule has 0 aliphatic rings. The largest absolute Gasteiger partial charge is 0.465 e. The van der Waals surface area contributed by atoms with Crippen molar-refractivity contribution in [3.05, 3.63) is 29.8 Å². The Balaban J connectivity index is 2.76. The van der Waals surface area contributed by atoms with Gasteiger partial charge in [-0.05, 0) is 30.0 Å². The number of amides is 1. The summed E-state index contributed by atoms with van der Waals surface area (Å²) in [6, 6.07) is 7.64. The summed E-state index contributed by atoms with van der Waals surface area (Å²) in [5.74, 6) is 0.619. The Hall–Kier alpha value is -1.51. The van der Waals surface area contributed by atoms with Crippen LogP contribution in [0.25, 0.3) is 0 Å². The lowest BCUT2D eigenvalue weighted by Gasteiger charge is -2.13. The zero-order chi connectivity index (χ0) is 11.4. The Labute approximate surface area is 90.3 Å². The highest BCUT2D eigenvalue weighted by molar-refractivity contribution is 5.85. The number of hydrogen-bond donors (Lipinski definition) is 1.